The molecule has 1 atom stereocenters. The Hall–Kier alpha value is -2.22. The smallest absolute Gasteiger partial charge is 0.411 e. The molecule has 0 saturated heterocycles. The Morgan fingerprint density at radius 3 is 2.89 bits per heavy atom. The molecule has 1 aromatic carbocycles. The van der Waals surface area contributed by atoms with E-state index in [2.05, 4.69) is 10.1 Å². The molecule has 0 saturated carbocycles. The minimum absolute atomic E-state index is 0.0711. The van der Waals surface area contributed by atoms with E-state index in [0.717, 1.165) is 23.3 Å². The highest BCUT2D eigenvalue weighted by molar-refractivity contribution is 5.92. The molecule has 0 radical (unpaired) electrons. The van der Waals surface area contributed by atoms with Gasteiger partial charge in [-0.25, -0.2) is 0 Å². The summed E-state index contributed by atoms with van der Waals surface area (Å²) in [7, 11) is 0. The minimum atomic E-state index is -4.33. The second-order valence-electron chi connectivity index (χ2n) is 6.21. The number of hydrogen-bond acceptors (Lipinski definition) is 4. The van der Waals surface area contributed by atoms with E-state index in [1.54, 1.807) is 6.08 Å². The lowest BCUT2D eigenvalue weighted by atomic mass is 10.1. The maximum Gasteiger partial charge on any atom is 0.411 e. The van der Waals surface area contributed by atoms with Crippen molar-refractivity contribution in [3.63, 3.8) is 0 Å². The summed E-state index contributed by atoms with van der Waals surface area (Å²) >= 11 is 0. The van der Waals surface area contributed by atoms with Gasteiger partial charge in [0.05, 0.1) is 6.61 Å². The van der Waals surface area contributed by atoms with Crippen LogP contribution >= 0.6 is 0 Å². The molecule has 1 heterocycles. The monoisotopic (exact) mass is 387 g/mol. The Morgan fingerprint density at radius 2 is 2.19 bits per heavy atom. The standard InChI is InChI=1S/C19H24F3NO4/c1-3-26-16-11-15-9-13(2)27-17(15)10-14(16)5-6-18(24)23-7-4-8-25-12-19(20,21)22/h5-6,10-11,13H,3-4,7-9,12H2,1-2H3,(H,23,24). The number of ether oxygens (including phenoxy) is 3. The van der Waals surface area contributed by atoms with Crippen molar-refractivity contribution in [2.45, 2.75) is 39.0 Å². The molecule has 1 N–H and O–H groups in total. The van der Waals surface area contributed by atoms with Crippen molar-refractivity contribution in [1.82, 2.24) is 5.32 Å². The number of hydrogen-bond donors (Lipinski definition) is 1. The summed E-state index contributed by atoms with van der Waals surface area (Å²) in [5.41, 5.74) is 1.81. The summed E-state index contributed by atoms with van der Waals surface area (Å²) in [5.74, 6) is 1.12. The van der Waals surface area contributed by atoms with Gasteiger partial charge in [-0.05, 0) is 38.5 Å². The summed E-state index contributed by atoms with van der Waals surface area (Å²) in [5, 5.41) is 2.60. The number of halogens is 3. The molecule has 1 aliphatic rings. The molecule has 1 unspecified atom stereocenters. The fourth-order valence-corrected chi connectivity index (χ4v) is 2.66. The van der Waals surface area contributed by atoms with Gasteiger partial charge in [0, 0.05) is 36.8 Å². The molecule has 150 valence electrons. The van der Waals surface area contributed by atoms with Crippen LogP contribution in [0.1, 0.15) is 31.4 Å². The van der Waals surface area contributed by atoms with Gasteiger partial charge in [0.15, 0.2) is 0 Å². The van der Waals surface area contributed by atoms with Crippen LogP contribution in [0.2, 0.25) is 0 Å². The van der Waals surface area contributed by atoms with Crippen molar-refractivity contribution >= 4 is 12.0 Å². The number of fused-ring (bicyclic) bond motifs is 1. The van der Waals surface area contributed by atoms with Gasteiger partial charge in [-0.2, -0.15) is 13.2 Å². The van der Waals surface area contributed by atoms with E-state index in [9.17, 15) is 18.0 Å². The van der Waals surface area contributed by atoms with Crippen molar-refractivity contribution in [3.05, 3.63) is 29.3 Å². The molecule has 0 spiro atoms. The zero-order valence-electron chi connectivity index (χ0n) is 15.4. The quantitative estimate of drug-likeness (QED) is 0.521. The molecular weight excluding hydrogens is 363 g/mol. The molecular formula is C19H24F3NO4. The second-order valence-corrected chi connectivity index (χ2v) is 6.21. The summed E-state index contributed by atoms with van der Waals surface area (Å²) in [4.78, 5) is 11.9. The first-order valence-electron chi connectivity index (χ1n) is 8.85. The third kappa shape index (κ3) is 7.13. The van der Waals surface area contributed by atoms with E-state index in [-0.39, 0.29) is 25.2 Å². The molecule has 8 heteroatoms. The Labute approximate surface area is 156 Å². The third-order valence-corrected chi connectivity index (χ3v) is 3.77. The molecule has 0 aliphatic carbocycles. The van der Waals surface area contributed by atoms with E-state index < -0.39 is 12.8 Å². The zero-order valence-corrected chi connectivity index (χ0v) is 15.4. The van der Waals surface area contributed by atoms with Crippen molar-refractivity contribution in [3.8, 4) is 11.5 Å². The van der Waals surface area contributed by atoms with Crippen LogP contribution in [-0.2, 0) is 16.0 Å². The van der Waals surface area contributed by atoms with Crippen LogP contribution in [0.4, 0.5) is 13.2 Å². The van der Waals surface area contributed by atoms with Gasteiger partial charge >= 0.3 is 6.18 Å². The molecule has 0 aromatic heterocycles. The number of rotatable bonds is 9. The van der Waals surface area contributed by atoms with Crippen LogP contribution in [-0.4, -0.2) is 44.6 Å². The van der Waals surface area contributed by atoms with Crippen molar-refractivity contribution < 1.29 is 32.2 Å². The topological polar surface area (TPSA) is 56.8 Å². The predicted octanol–water partition coefficient (Wildman–Crippen LogP) is 3.51. The highest BCUT2D eigenvalue weighted by atomic mass is 19.4. The lowest BCUT2D eigenvalue weighted by molar-refractivity contribution is -0.174. The van der Waals surface area contributed by atoms with Gasteiger partial charge in [0.1, 0.15) is 24.2 Å². The minimum Gasteiger partial charge on any atom is -0.493 e. The van der Waals surface area contributed by atoms with E-state index in [4.69, 9.17) is 9.47 Å². The van der Waals surface area contributed by atoms with E-state index in [1.165, 1.54) is 6.08 Å². The summed E-state index contributed by atoms with van der Waals surface area (Å²) in [6.45, 7) is 3.25. The second kappa shape index (κ2) is 9.64. The number of amides is 1. The molecule has 0 fully saturated rings. The number of carbonyl (C=O) groups excluding carboxylic acids is 1. The van der Waals surface area contributed by atoms with Crippen LogP contribution in [0.15, 0.2) is 18.2 Å². The number of carbonyl (C=O) groups is 1. The maximum atomic E-state index is 11.9. The average molecular weight is 387 g/mol. The molecule has 2 rings (SSSR count). The van der Waals surface area contributed by atoms with Crippen molar-refractivity contribution in [2.24, 2.45) is 0 Å². The van der Waals surface area contributed by atoms with Gasteiger partial charge in [-0.15, -0.1) is 0 Å². The van der Waals surface area contributed by atoms with Crippen LogP contribution in [0.5, 0.6) is 11.5 Å². The van der Waals surface area contributed by atoms with Crippen LogP contribution in [0, 0.1) is 0 Å². The first kappa shape index (κ1) is 21.1. The lowest BCUT2D eigenvalue weighted by Crippen LogP contribution is -2.24. The van der Waals surface area contributed by atoms with Gasteiger partial charge in [0.2, 0.25) is 5.91 Å². The third-order valence-electron chi connectivity index (χ3n) is 3.77. The van der Waals surface area contributed by atoms with Gasteiger partial charge in [0.25, 0.3) is 0 Å². The van der Waals surface area contributed by atoms with Crippen LogP contribution < -0.4 is 14.8 Å². The van der Waals surface area contributed by atoms with E-state index in [1.807, 2.05) is 26.0 Å². The largest absolute Gasteiger partial charge is 0.493 e. The number of nitrogens with one attached hydrogen (secondary N) is 1. The molecule has 5 nitrogen and oxygen atoms in total. The normalized spacial score (nSPS) is 16.3. The van der Waals surface area contributed by atoms with Crippen LogP contribution in [0.25, 0.3) is 6.08 Å². The Balaban J connectivity index is 1.84. The van der Waals surface area contributed by atoms with Crippen LogP contribution in [0.3, 0.4) is 0 Å². The number of benzene rings is 1. The molecule has 1 amide bonds. The highest BCUT2D eigenvalue weighted by Gasteiger charge is 2.27. The van der Waals surface area contributed by atoms with Crippen molar-refractivity contribution in [1.29, 1.82) is 0 Å². The lowest BCUT2D eigenvalue weighted by Gasteiger charge is -2.10. The Bertz CT molecular complexity index is 674. The van der Waals surface area contributed by atoms with Gasteiger partial charge in [-0.1, -0.05) is 0 Å². The predicted molar refractivity (Wildman–Crippen MR) is 94.9 cm³/mol. The van der Waals surface area contributed by atoms with E-state index >= 15 is 0 Å². The maximum absolute atomic E-state index is 11.9. The van der Waals surface area contributed by atoms with Gasteiger partial charge in [-0.3, -0.25) is 4.79 Å². The summed E-state index contributed by atoms with van der Waals surface area (Å²) in [6.07, 6.45) is -0.120. The molecule has 1 aromatic rings. The first-order chi connectivity index (χ1) is 12.8. The average Bonchev–Trinajstić information content (AvgIpc) is 2.94. The van der Waals surface area contributed by atoms with Crippen molar-refractivity contribution in [2.75, 3.05) is 26.4 Å². The summed E-state index contributed by atoms with van der Waals surface area (Å²) < 4.78 is 51.6. The fraction of sp³-hybridized carbons (Fsp3) is 0.526. The molecule has 1 aliphatic heterocycles. The van der Waals surface area contributed by atoms with E-state index in [0.29, 0.717) is 18.8 Å². The number of alkyl halides is 3. The zero-order chi connectivity index (χ0) is 19.9. The SMILES string of the molecule is CCOc1cc2c(cc1C=CC(=O)NCCCOCC(F)(F)F)OC(C)C2. The fourth-order valence-electron chi connectivity index (χ4n) is 2.66. The summed E-state index contributed by atoms with van der Waals surface area (Å²) in [6, 6.07) is 3.77. The first-order valence-corrected chi connectivity index (χ1v) is 8.85. The van der Waals surface area contributed by atoms with Gasteiger partial charge < -0.3 is 19.5 Å². The molecule has 27 heavy (non-hydrogen) atoms. The Morgan fingerprint density at radius 1 is 1.41 bits per heavy atom. The Kier molecular flexibility index (Phi) is 7.53. The molecule has 0 bridgehead atoms. The highest BCUT2D eigenvalue weighted by Crippen LogP contribution is 2.35.